The Morgan fingerprint density at radius 3 is 3.06 bits per heavy atom. The van der Waals surface area contributed by atoms with E-state index in [0.717, 1.165) is 0 Å². The molecule has 2 heterocycles. The Morgan fingerprint density at radius 2 is 2.44 bits per heavy atom. The Hall–Kier alpha value is -2.86. The van der Waals surface area contributed by atoms with Crippen LogP contribution in [0.1, 0.15) is 23.0 Å². The summed E-state index contributed by atoms with van der Waals surface area (Å²) in [6.45, 7) is 1.79. The molecule has 2 N–H and O–H groups in total. The first-order chi connectivity index (χ1) is 8.72. The molecule has 18 heavy (non-hydrogen) atoms. The van der Waals surface area contributed by atoms with Gasteiger partial charge in [-0.15, -0.1) is 6.42 Å². The molecule has 88 valence electrons. The second-order valence-corrected chi connectivity index (χ2v) is 3.61. The van der Waals surface area contributed by atoms with Crippen LogP contribution in [0.25, 0.3) is 10.9 Å². The Bertz CT molecular complexity index is 689. The van der Waals surface area contributed by atoms with Crippen LogP contribution < -0.4 is 5.32 Å². The van der Waals surface area contributed by atoms with Gasteiger partial charge >= 0.3 is 0 Å². The molecule has 1 atom stereocenters. The molecule has 0 aromatic carbocycles. The summed E-state index contributed by atoms with van der Waals surface area (Å²) in [6.07, 6.45) is 7.37. The molecule has 0 radical (unpaired) electrons. The zero-order valence-corrected chi connectivity index (χ0v) is 9.56. The predicted octanol–water partition coefficient (Wildman–Crippen LogP) is 0.558. The van der Waals surface area contributed by atoms with Crippen molar-refractivity contribution in [3.8, 4) is 18.4 Å². The molecule has 1 amide bonds. The average molecular weight is 239 g/mol. The van der Waals surface area contributed by atoms with Gasteiger partial charge in [-0.3, -0.25) is 14.9 Å². The van der Waals surface area contributed by atoms with Crippen LogP contribution in [0.2, 0.25) is 0 Å². The number of aromatic amines is 1. The molecule has 0 spiro atoms. The summed E-state index contributed by atoms with van der Waals surface area (Å²) in [7, 11) is 0. The van der Waals surface area contributed by atoms with E-state index in [-0.39, 0.29) is 0 Å². The highest BCUT2D eigenvalue weighted by Crippen LogP contribution is 2.26. The number of aromatic nitrogens is 3. The molecule has 0 saturated heterocycles. The number of H-pyrrole nitrogens is 1. The van der Waals surface area contributed by atoms with Crippen LogP contribution >= 0.6 is 0 Å². The largest absolute Gasteiger partial charge is 0.339 e. The number of nitriles is 1. The van der Waals surface area contributed by atoms with Crippen LogP contribution in [0.4, 0.5) is 0 Å². The number of hydrogen-bond donors (Lipinski definition) is 2. The summed E-state index contributed by atoms with van der Waals surface area (Å²) in [5, 5.41) is 18.9. The van der Waals surface area contributed by atoms with E-state index in [9.17, 15) is 4.79 Å². The maximum Gasteiger partial charge on any atom is 0.208 e. The molecule has 0 bridgehead atoms. The molecule has 0 fully saturated rings. The molecule has 6 heteroatoms. The lowest BCUT2D eigenvalue weighted by atomic mass is 10.0. The van der Waals surface area contributed by atoms with Crippen molar-refractivity contribution in [2.45, 2.75) is 13.0 Å². The maximum absolute atomic E-state index is 10.5. The van der Waals surface area contributed by atoms with Gasteiger partial charge in [-0.1, -0.05) is 5.92 Å². The molecule has 1 unspecified atom stereocenters. The number of nitrogens with one attached hydrogen (secondary N) is 2. The van der Waals surface area contributed by atoms with Gasteiger partial charge in [-0.05, 0) is 6.92 Å². The molecule has 2 aromatic heterocycles. The highest BCUT2D eigenvalue weighted by Gasteiger charge is 2.18. The van der Waals surface area contributed by atoms with Crippen molar-refractivity contribution >= 4 is 17.3 Å². The Labute approximate surface area is 103 Å². The van der Waals surface area contributed by atoms with Crippen LogP contribution in [0.15, 0.2) is 6.20 Å². The fourth-order valence-corrected chi connectivity index (χ4v) is 1.76. The second kappa shape index (κ2) is 4.56. The molecular weight excluding hydrogens is 230 g/mol. The van der Waals surface area contributed by atoms with E-state index in [1.165, 1.54) is 6.20 Å². The molecule has 2 rings (SSSR count). The van der Waals surface area contributed by atoms with Crippen LogP contribution in [0.3, 0.4) is 0 Å². The van der Waals surface area contributed by atoms with Gasteiger partial charge in [-0.2, -0.15) is 10.4 Å². The zero-order valence-electron chi connectivity index (χ0n) is 9.56. The third-order valence-corrected chi connectivity index (χ3v) is 2.61. The Morgan fingerprint density at radius 1 is 1.67 bits per heavy atom. The van der Waals surface area contributed by atoms with Crippen molar-refractivity contribution in [2.24, 2.45) is 0 Å². The molecule has 6 nitrogen and oxygen atoms in total. The smallest absolute Gasteiger partial charge is 0.208 e. The van der Waals surface area contributed by atoms with E-state index in [1.54, 1.807) is 6.92 Å². The van der Waals surface area contributed by atoms with E-state index in [1.807, 2.05) is 6.07 Å². The van der Waals surface area contributed by atoms with Gasteiger partial charge in [0.05, 0.1) is 11.8 Å². The lowest BCUT2D eigenvalue weighted by Gasteiger charge is -2.09. The van der Waals surface area contributed by atoms with Crippen LogP contribution in [-0.4, -0.2) is 21.6 Å². The predicted molar refractivity (Wildman–Crippen MR) is 64.1 cm³/mol. The number of fused-ring (bicyclic) bond motifs is 1. The standard InChI is InChI=1S/C12H9N5O/c1-3-9-11-8(10(4-13)15-6-18)5-14-7(2)12(11)17-16-9/h1,5-6,10H,2H3,(H,15,18)(H,16,17). The number of nitrogens with zero attached hydrogens (tertiary/aromatic N) is 3. The monoisotopic (exact) mass is 239 g/mol. The lowest BCUT2D eigenvalue weighted by molar-refractivity contribution is -0.109. The quantitative estimate of drug-likeness (QED) is 0.604. The number of carbonyl (C=O) groups excluding carboxylic acids is 1. The molecule has 0 aliphatic carbocycles. The van der Waals surface area contributed by atoms with Crippen LogP contribution in [0, 0.1) is 30.6 Å². The van der Waals surface area contributed by atoms with Crippen LogP contribution in [-0.2, 0) is 4.79 Å². The number of aryl methyl sites for hydroxylation is 1. The Kier molecular flexibility index (Phi) is 2.94. The zero-order chi connectivity index (χ0) is 13.1. The average Bonchev–Trinajstić information content (AvgIpc) is 2.82. The molecule has 0 aliphatic rings. The van der Waals surface area contributed by atoms with Gasteiger partial charge in [-0.25, -0.2) is 0 Å². The van der Waals surface area contributed by atoms with Gasteiger partial charge in [0.2, 0.25) is 6.41 Å². The first-order valence-electron chi connectivity index (χ1n) is 5.12. The lowest BCUT2D eigenvalue weighted by Crippen LogP contribution is -2.18. The Balaban J connectivity index is 2.75. The normalized spacial score (nSPS) is 11.5. The topological polar surface area (TPSA) is 94.5 Å². The van der Waals surface area contributed by atoms with E-state index >= 15 is 0 Å². The van der Waals surface area contributed by atoms with E-state index in [2.05, 4.69) is 26.4 Å². The van der Waals surface area contributed by atoms with E-state index in [0.29, 0.717) is 34.3 Å². The van der Waals surface area contributed by atoms with Crippen molar-refractivity contribution in [3.63, 3.8) is 0 Å². The summed E-state index contributed by atoms with van der Waals surface area (Å²) >= 11 is 0. The van der Waals surface area contributed by atoms with E-state index in [4.69, 9.17) is 11.7 Å². The van der Waals surface area contributed by atoms with Crippen molar-refractivity contribution in [3.05, 3.63) is 23.1 Å². The number of terminal acetylenes is 1. The second-order valence-electron chi connectivity index (χ2n) is 3.61. The fraction of sp³-hybridized carbons (Fsp3) is 0.167. The highest BCUT2D eigenvalue weighted by atomic mass is 16.1. The number of carbonyl (C=O) groups is 1. The third-order valence-electron chi connectivity index (χ3n) is 2.61. The fourth-order valence-electron chi connectivity index (χ4n) is 1.76. The minimum atomic E-state index is -0.803. The first kappa shape index (κ1) is 11.6. The molecular formula is C12H9N5O. The number of rotatable bonds is 3. The van der Waals surface area contributed by atoms with Gasteiger partial charge in [0.25, 0.3) is 0 Å². The van der Waals surface area contributed by atoms with Gasteiger partial charge in [0, 0.05) is 17.1 Å². The molecule has 0 aliphatic heterocycles. The summed E-state index contributed by atoms with van der Waals surface area (Å²) < 4.78 is 0. The van der Waals surface area contributed by atoms with Gasteiger partial charge in [0.1, 0.15) is 17.3 Å². The SMILES string of the molecule is C#Cc1[nH]nc2c(C)ncc(C(C#N)NC=O)c12. The summed E-state index contributed by atoms with van der Waals surface area (Å²) in [5.74, 6) is 2.47. The van der Waals surface area contributed by atoms with Crippen molar-refractivity contribution in [1.82, 2.24) is 20.5 Å². The molecule has 2 aromatic rings. The number of amides is 1. The van der Waals surface area contributed by atoms with E-state index < -0.39 is 6.04 Å². The first-order valence-corrected chi connectivity index (χ1v) is 5.12. The highest BCUT2D eigenvalue weighted by molar-refractivity contribution is 5.89. The van der Waals surface area contributed by atoms with Crippen molar-refractivity contribution in [1.29, 1.82) is 5.26 Å². The molecule has 0 saturated carbocycles. The van der Waals surface area contributed by atoms with Gasteiger partial charge in [0.15, 0.2) is 0 Å². The van der Waals surface area contributed by atoms with Gasteiger partial charge < -0.3 is 5.32 Å². The third kappa shape index (κ3) is 1.66. The van der Waals surface area contributed by atoms with Crippen LogP contribution in [0.5, 0.6) is 0 Å². The van der Waals surface area contributed by atoms with Crippen molar-refractivity contribution in [2.75, 3.05) is 0 Å². The number of hydrogen-bond acceptors (Lipinski definition) is 4. The summed E-state index contributed by atoms with van der Waals surface area (Å²) in [4.78, 5) is 14.6. The minimum absolute atomic E-state index is 0.467. The summed E-state index contributed by atoms with van der Waals surface area (Å²) in [5.41, 5.74) is 2.31. The summed E-state index contributed by atoms with van der Waals surface area (Å²) in [6, 6.07) is 1.18. The minimum Gasteiger partial charge on any atom is -0.339 e. The number of pyridine rings is 1. The van der Waals surface area contributed by atoms with Crippen molar-refractivity contribution < 1.29 is 4.79 Å². The maximum atomic E-state index is 10.5.